The van der Waals surface area contributed by atoms with Crippen LogP contribution in [0.15, 0.2) is 40.6 Å². The zero-order valence-electron chi connectivity index (χ0n) is 8.84. The Morgan fingerprint density at radius 3 is 2.88 bits per heavy atom. The summed E-state index contributed by atoms with van der Waals surface area (Å²) in [6.45, 7) is 1.96. The summed E-state index contributed by atoms with van der Waals surface area (Å²) in [7, 11) is 0. The van der Waals surface area contributed by atoms with Crippen molar-refractivity contribution in [2.45, 2.75) is 13.5 Å². The minimum atomic E-state index is -0.134. The van der Waals surface area contributed by atoms with Gasteiger partial charge in [0, 0.05) is 12.3 Å². The summed E-state index contributed by atoms with van der Waals surface area (Å²) in [4.78, 5) is 24.0. The molecule has 0 fully saturated rings. The Balaban J connectivity index is 2.22. The molecule has 0 aromatic carbocycles. The maximum Gasteiger partial charge on any atom is 0.251 e. The third-order valence-corrected chi connectivity index (χ3v) is 3.17. The highest BCUT2D eigenvalue weighted by Gasteiger charge is 2.08. The summed E-state index contributed by atoms with van der Waals surface area (Å²) in [5, 5.41) is 1.85. The largest absolute Gasteiger partial charge is 0.308 e. The lowest BCUT2D eigenvalue weighted by molar-refractivity contribution is 0.0975. The Labute approximate surface area is 97.0 Å². The highest BCUT2D eigenvalue weighted by Crippen LogP contribution is 2.09. The van der Waals surface area contributed by atoms with E-state index in [9.17, 15) is 9.59 Å². The number of hydrogen-bond acceptors (Lipinski definition) is 3. The van der Waals surface area contributed by atoms with E-state index in [4.69, 9.17) is 0 Å². The van der Waals surface area contributed by atoms with Crippen molar-refractivity contribution in [3.63, 3.8) is 0 Å². The minimum Gasteiger partial charge on any atom is -0.308 e. The molecule has 0 aliphatic carbocycles. The lowest BCUT2D eigenvalue weighted by atomic mass is 10.3. The Hall–Kier alpha value is -1.68. The van der Waals surface area contributed by atoms with Crippen molar-refractivity contribution in [3.8, 4) is 0 Å². The van der Waals surface area contributed by atoms with Gasteiger partial charge >= 0.3 is 0 Å². The molecule has 2 aromatic heterocycles. The number of rotatable bonds is 3. The zero-order chi connectivity index (χ0) is 11.5. The molecule has 0 amide bonds. The van der Waals surface area contributed by atoms with Gasteiger partial charge in [0.25, 0.3) is 5.56 Å². The van der Waals surface area contributed by atoms with E-state index in [0.29, 0.717) is 4.88 Å². The molecule has 0 saturated carbocycles. The van der Waals surface area contributed by atoms with Crippen LogP contribution in [-0.2, 0) is 6.54 Å². The van der Waals surface area contributed by atoms with E-state index in [-0.39, 0.29) is 17.9 Å². The quantitative estimate of drug-likeness (QED) is 0.761. The average molecular weight is 233 g/mol. The number of thiophene rings is 1. The molecule has 0 saturated heterocycles. The molecule has 16 heavy (non-hydrogen) atoms. The second kappa shape index (κ2) is 4.45. The van der Waals surface area contributed by atoms with Crippen LogP contribution in [0.25, 0.3) is 0 Å². The third-order valence-electron chi connectivity index (χ3n) is 2.26. The van der Waals surface area contributed by atoms with E-state index in [1.54, 1.807) is 12.3 Å². The van der Waals surface area contributed by atoms with Gasteiger partial charge in [0.2, 0.25) is 0 Å². The fourth-order valence-corrected chi connectivity index (χ4v) is 2.06. The summed E-state index contributed by atoms with van der Waals surface area (Å²) in [6, 6.07) is 6.95. The Bertz CT molecular complexity index is 555. The molecule has 0 N–H and O–H groups in total. The second-order valence-electron chi connectivity index (χ2n) is 3.57. The number of nitrogens with zero attached hydrogens (tertiary/aromatic N) is 1. The molecule has 0 atom stereocenters. The molecule has 0 unspecified atom stereocenters. The highest BCUT2D eigenvalue weighted by molar-refractivity contribution is 7.12. The fourth-order valence-electron chi connectivity index (χ4n) is 1.41. The summed E-state index contributed by atoms with van der Waals surface area (Å²) >= 11 is 1.39. The van der Waals surface area contributed by atoms with Crippen molar-refractivity contribution >= 4 is 17.1 Å². The maximum absolute atomic E-state index is 11.8. The van der Waals surface area contributed by atoms with Gasteiger partial charge in [0.05, 0.1) is 11.4 Å². The Morgan fingerprint density at radius 2 is 2.25 bits per heavy atom. The SMILES string of the molecule is Cc1ccn(CC(=O)c2cccs2)c(=O)c1. The van der Waals surface area contributed by atoms with Crippen LogP contribution in [-0.4, -0.2) is 10.4 Å². The summed E-state index contributed by atoms with van der Waals surface area (Å²) in [5.74, 6) is -0.0269. The molecule has 0 bridgehead atoms. The molecule has 82 valence electrons. The van der Waals surface area contributed by atoms with Crippen molar-refractivity contribution in [3.05, 3.63) is 56.6 Å². The van der Waals surface area contributed by atoms with Crippen molar-refractivity contribution in [2.24, 2.45) is 0 Å². The molecule has 2 heterocycles. The van der Waals surface area contributed by atoms with E-state index in [0.717, 1.165) is 5.56 Å². The number of hydrogen-bond donors (Lipinski definition) is 0. The zero-order valence-corrected chi connectivity index (χ0v) is 9.66. The summed E-state index contributed by atoms with van der Waals surface area (Å²) in [6.07, 6.45) is 1.66. The normalized spacial score (nSPS) is 10.3. The fraction of sp³-hybridized carbons (Fsp3) is 0.167. The first-order valence-corrected chi connectivity index (χ1v) is 5.78. The smallest absolute Gasteiger partial charge is 0.251 e. The predicted molar refractivity (Wildman–Crippen MR) is 64.1 cm³/mol. The molecule has 2 rings (SSSR count). The van der Waals surface area contributed by atoms with Crippen LogP contribution in [0, 0.1) is 6.92 Å². The number of Topliss-reactive ketones (excluding diaryl/α,β-unsaturated/α-hetero) is 1. The number of carbonyl (C=O) groups is 1. The molecule has 0 aliphatic rings. The van der Waals surface area contributed by atoms with Gasteiger partial charge in [-0.3, -0.25) is 9.59 Å². The van der Waals surface area contributed by atoms with E-state index >= 15 is 0 Å². The van der Waals surface area contributed by atoms with Crippen LogP contribution in [0.3, 0.4) is 0 Å². The molecular weight excluding hydrogens is 222 g/mol. The number of ketones is 1. The molecule has 2 aromatic rings. The third kappa shape index (κ3) is 2.28. The predicted octanol–water partition coefficient (Wildman–Crippen LogP) is 2.10. The lowest BCUT2D eigenvalue weighted by Gasteiger charge is -2.03. The Kier molecular flexibility index (Phi) is 3.01. The summed E-state index contributed by atoms with van der Waals surface area (Å²) in [5.41, 5.74) is 0.773. The number of pyridine rings is 1. The second-order valence-corrected chi connectivity index (χ2v) is 4.52. The van der Waals surface area contributed by atoms with Crippen LogP contribution in [0.1, 0.15) is 15.2 Å². The van der Waals surface area contributed by atoms with Crippen molar-refractivity contribution < 1.29 is 4.79 Å². The van der Waals surface area contributed by atoms with Crippen LogP contribution >= 0.6 is 11.3 Å². The highest BCUT2D eigenvalue weighted by atomic mass is 32.1. The monoisotopic (exact) mass is 233 g/mol. The van der Waals surface area contributed by atoms with Crippen LogP contribution in [0.5, 0.6) is 0 Å². The first-order chi connectivity index (χ1) is 7.66. The van der Waals surface area contributed by atoms with Crippen molar-refractivity contribution in [1.29, 1.82) is 0 Å². The van der Waals surface area contributed by atoms with Crippen LogP contribution in [0.2, 0.25) is 0 Å². The van der Waals surface area contributed by atoms with Gasteiger partial charge in [0.1, 0.15) is 0 Å². The first kappa shape index (κ1) is 10.8. The first-order valence-electron chi connectivity index (χ1n) is 4.90. The summed E-state index contributed by atoms with van der Waals surface area (Å²) < 4.78 is 1.43. The molecule has 0 spiro atoms. The molecule has 3 nitrogen and oxygen atoms in total. The van der Waals surface area contributed by atoms with E-state index in [1.807, 2.05) is 24.4 Å². The lowest BCUT2D eigenvalue weighted by Crippen LogP contribution is -2.22. The van der Waals surface area contributed by atoms with Gasteiger partial charge in [-0.2, -0.15) is 0 Å². The van der Waals surface area contributed by atoms with Gasteiger partial charge < -0.3 is 4.57 Å². The average Bonchev–Trinajstić information content (AvgIpc) is 2.75. The van der Waals surface area contributed by atoms with Gasteiger partial charge in [-0.05, 0) is 30.0 Å². The van der Waals surface area contributed by atoms with E-state index in [1.165, 1.54) is 22.0 Å². The maximum atomic E-state index is 11.8. The van der Waals surface area contributed by atoms with E-state index < -0.39 is 0 Å². The molecule has 4 heteroatoms. The van der Waals surface area contributed by atoms with Crippen LogP contribution < -0.4 is 5.56 Å². The number of aromatic nitrogens is 1. The number of aryl methyl sites for hydroxylation is 1. The van der Waals surface area contributed by atoms with Crippen molar-refractivity contribution in [2.75, 3.05) is 0 Å². The standard InChI is InChI=1S/C12H11NO2S/c1-9-4-5-13(12(15)7-9)8-10(14)11-3-2-6-16-11/h2-7H,8H2,1H3. The molecule has 0 aliphatic heterocycles. The van der Waals surface area contributed by atoms with Gasteiger partial charge in [-0.25, -0.2) is 0 Å². The van der Waals surface area contributed by atoms with Crippen LogP contribution in [0.4, 0.5) is 0 Å². The van der Waals surface area contributed by atoms with E-state index in [2.05, 4.69) is 0 Å². The topological polar surface area (TPSA) is 39.1 Å². The molecular formula is C12H11NO2S. The van der Waals surface area contributed by atoms with Gasteiger partial charge in [0.15, 0.2) is 5.78 Å². The number of carbonyl (C=O) groups excluding carboxylic acids is 1. The van der Waals surface area contributed by atoms with Gasteiger partial charge in [-0.15, -0.1) is 11.3 Å². The minimum absolute atomic E-state index is 0.0269. The Morgan fingerprint density at radius 1 is 1.44 bits per heavy atom. The molecule has 0 radical (unpaired) electrons. The van der Waals surface area contributed by atoms with Crippen molar-refractivity contribution in [1.82, 2.24) is 4.57 Å². The van der Waals surface area contributed by atoms with Gasteiger partial charge in [-0.1, -0.05) is 6.07 Å².